The van der Waals surface area contributed by atoms with Crippen LogP contribution >= 0.6 is 48.0 Å². The Balaban J connectivity index is 1.33. The first-order valence-electron chi connectivity index (χ1n) is 12.2. The maximum absolute atomic E-state index is 4.67. The molecule has 0 aromatic heterocycles. The Kier molecular flexibility index (Phi) is 7.75. The molecule has 0 heterocycles. The van der Waals surface area contributed by atoms with E-state index in [0.29, 0.717) is 10.8 Å². The molecule has 4 fully saturated rings. The predicted molar refractivity (Wildman–Crippen MR) is 152 cm³/mol. The fourth-order valence-corrected chi connectivity index (χ4v) is 8.93. The molecule has 0 saturated heterocycles. The van der Waals surface area contributed by atoms with E-state index in [1.54, 1.807) is 11.1 Å². The summed E-state index contributed by atoms with van der Waals surface area (Å²) in [6.07, 6.45) is 8.22. The quantitative estimate of drug-likeness (QED) is 0.137. The molecular formula is C28H30N2S4. The van der Waals surface area contributed by atoms with Gasteiger partial charge < -0.3 is 0 Å². The lowest BCUT2D eigenvalue weighted by atomic mass is 9.42. The van der Waals surface area contributed by atoms with Crippen molar-refractivity contribution in [2.45, 2.75) is 59.1 Å². The molecule has 0 N–H and O–H groups in total. The van der Waals surface area contributed by atoms with E-state index in [0.717, 1.165) is 36.4 Å². The summed E-state index contributed by atoms with van der Waals surface area (Å²) in [5, 5.41) is 4.91. The highest BCUT2D eigenvalue weighted by atomic mass is 32.2. The van der Waals surface area contributed by atoms with Gasteiger partial charge in [0.25, 0.3) is 0 Å². The third-order valence-corrected chi connectivity index (χ3v) is 10.3. The van der Waals surface area contributed by atoms with Crippen LogP contribution in [-0.2, 0) is 10.8 Å². The van der Waals surface area contributed by atoms with Gasteiger partial charge in [0.1, 0.15) is 0 Å². The third kappa shape index (κ3) is 5.14. The van der Waals surface area contributed by atoms with E-state index < -0.39 is 0 Å². The number of hydrogen-bond acceptors (Lipinski definition) is 6. The van der Waals surface area contributed by atoms with Gasteiger partial charge in [0.15, 0.2) is 0 Å². The van der Waals surface area contributed by atoms with Crippen molar-refractivity contribution in [3.05, 3.63) is 59.7 Å². The molecular weight excluding hydrogens is 493 g/mol. The average molecular weight is 523 g/mol. The number of hydrogen-bond donors (Lipinski definition) is 0. The van der Waals surface area contributed by atoms with Crippen LogP contribution < -0.4 is 0 Å². The first kappa shape index (κ1) is 24.4. The normalized spacial score (nSPS) is 28.8. The molecule has 34 heavy (non-hydrogen) atoms. The van der Waals surface area contributed by atoms with Crippen molar-refractivity contribution >= 4 is 58.3 Å². The van der Waals surface area contributed by atoms with Crippen molar-refractivity contribution in [1.82, 2.24) is 0 Å². The second-order valence-corrected chi connectivity index (χ2v) is 12.9. The minimum atomic E-state index is 0.348. The van der Waals surface area contributed by atoms with Gasteiger partial charge in [0.05, 0.1) is 23.4 Å². The van der Waals surface area contributed by atoms with Gasteiger partial charge in [-0.25, -0.2) is 9.98 Å². The van der Waals surface area contributed by atoms with Gasteiger partial charge in [-0.05, 0) is 121 Å². The lowest BCUT2D eigenvalue weighted by Gasteiger charge is -2.63. The number of aliphatic imine (C=N–C) groups is 2. The Morgan fingerprint density at radius 1 is 0.706 bits per heavy atom. The van der Waals surface area contributed by atoms with Gasteiger partial charge in [-0.1, -0.05) is 24.3 Å². The summed E-state index contributed by atoms with van der Waals surface area (Å²) < 4.78 is 0. The molecule has 2 aromatic rings. The van der Waals surface area contributed by atoms with Crippen LogP contribution in [-0.4, -0.2) is 34.9 Å². The van der Waals surface area contributed by atoms with E-state index in [1.807, 2.05) is 23.5 Å². The summed E-state index contributed by atoms with van der Waals surface area (Å²) in [7, 11) is 0. The van der Waals surface area contributed by atoms with Crippen molar-refractivity contribution in [2.75, 3.05) is 24.6 Å². The van der Waals surface area contributed by atoms with E-state index in [1.165, 1.54) is 48.3 Å². The highest BCUT2D eigenvalue weighted by Gasteiger charge is 2.58. The Morgan fingerprint density at radius 3 is 1.50 bits per heavy atom. The molecule has 4 aliphatic rings. The van der Waals surface area contributed by atoms with Crippen molar-refractivity contribution in [1.29, 1.82) is 0 Å². The minimum absolute atomic E-state index is 0.348. The zero-order chi connectivity index (χ0) is 23.4. The SMILES string of the molecule is S=C=NCCSc1ccc(C23CC4CC(C2)CC(c2ccc(SCCN=C=S)cc2)(C4)C3)cc1. The summed E-state index contributed by atoms with van der Waals surface area (Å²) in [5.74, 6) is 3.64. The maximum Gasteiger partial charge on any atom is 0.0587 e. The fraction of sp³-hybridized carbons (Fsp3) is 0.500. The summed E-state index contributed by atoms with van der Waals surface area (Å²) >= 11 is 13.0. The van der Waals surface area contributed by atoms with Gasteiger partial charge >= 0.3 is 0 Å². The molecule has 0 atom stereocenters. The van der Waals surface area contributed by atoms with Gasteiger partial charge in [-0.2, -0.15) is 0 Å². The van der Waals surface area contributed by atoms with Crippen molar-refractivity contribution in [3.63, 3.8) is 0 Å². The van der Waals surface area contributed by atoms with Crippen LogP contribution in [0.3, 0.4) is 0 Å². The van der Waals surface area contributed by atoms with Gasteiger partial charge in [-0.15, -0.1) is 23.5 Å². The topological polar surface area (TPSA) is 24.7 Å². The molecule has 2 aromatic carbocycles. The second-order valence-electron chi connectivity index (χ2n) is 10.2. The van der Waals surface area contributed by atoms with Crippen molar-refractivity contribution in [2.24, 2.45) is 21.8 Å². The predicted octanol–water partition coefficient (Wildman–Crippen LogP) is 7.87. The van der Waals surface area contributed by atoms with Crippen LogP contribution in [0, 0.1) is 11.8 Å². The number of rotatable bonds is 10. The standard InChI is InChI=1S/C28H30N2S4/c31-19-29-9-11-33-25-5-1-23(2-6-25)27-14-21-13-22(15-27)17-28(16-21,18-27)24-3-7-26(8-4-24)34-12-10-30-20-32/h1-8,21-22H,9-18H2. The average Bonchev–Trinajstić information content (AvgIpc) is 2.84. The minimum Gasteiger partial charge on any atom is -0.232 e. The Bertz CT molecular complexity index is 999. The van der Waals surface area contributed by atoms with E-state index in [-0.39, 0.29) is 0 Å². The van der Waals surface area contributed by atoms with Gasteiger partial charge in [0, 0.05) is 21.3 Å². The van der Waals surface area contributed by atoms with Crippen molar-refractivity contribution in [3.8, 4) is 0 Å². The van der Waals surface area contributed by atoms with Crippen LogP contribution in [0.2, 0.25) is 0 Å². The number of nitrogens with zero attached hydrogens (tertiary/aromatic N) is 2. The highest BCUT2D eigenvalue weighted by molar-refractivity contribution is 7.99. The number of benzene rings is 2. The molecule has 2 nitrogen and oxygen atoms in total. The first-order valence-corrected chi connectivity index (χ1v) is 15.0. The lowest BCUT2D eigenvalue weighted by Crippen LogP contribution is -2.55. The molecule has 4 aliphatic carbocycles. The second kappa shape index (κ2) is 10.8. The number of thioether (sulfide) groups is 2. The molecule has 4 bridgehead atoms. The van der Waals surface area contributed by atoms with Crippen molar-refractivity contribution < 1.29 is 0 Å². The Morgan fingerprint density at radius 2 is 1.12 bits per heavy atom. The fourth-order valence-electron chi connectivity index (χ4n) is 7.26. The summed E-state index contributed by atoms with van der Waals surface area (Å²) in [5.41, 5.74) is 3.83. The van der Waals surface area contributed by atoms with Crippen LogP contribution in [0.5, 0.6) is 0 Å². The largest absolute Gasteiger partial charge is 0.232 e. The first-order chi connectivity index (χ1) is 16.6. The van der Waals surface area contributed by atoms with Gasteiger partial charge in [0.2, 0.25) is 0 Å². The molecule has 0 spiro atoms. The summed E-state index contributed by atoms with van der Waals surface area (Å²) in [6.45, 7) is 1.48. The Hall–Kier alpha value is -1.26. The van der Waals surface area contributed by atoms with Crippen LogP contribution in [0.1, 0.15) is 49.7 Å². The zero-order valence-electron chi connectivity index (χ0n) is 19.4. The Labute approximate surface area is 222 Å². The molecule has 4 saturated carbocycles. The van der Waals surface area contributed by atoms with Crippen LogP contribution in [0.4, 0.5) is 0 Å². The zero-order valence-corrected chi connectivity index (χ0v) is 22.6. The molecule has 176 valence electrons. The molecule has 6 rings (SSSR count). The summed E-state index contributed by atoms with van der Waals surface area (Å²) in [4.78, 5) is 10.7. The van der Waals surface area contributed by atoms with E-state index in [9.17, 15) is 0 Å². The molecule has 6 heteroatoms. The molecule has 0 unspecified atom stereocenters. The summed E-state index contributed by atoms with van der Waals surface area (Å²) in [6, 6.07) is 19.0. The smallest absolute Gasteiger partial charge is 0.0587 e. The molecule has 0 amide bonds. The lowest BCUT2D eigenvalue weighted by molar-refractivity contribution is -0.0281. The molecule has 0 aliphatic heterocycles. The van der Waals surface area contributed by atoms with E-state index in [2.05, 4.69) is 93.3 Å². The highest BCUT2D eigenvalue weighted by Crippen LogP contribution is 2.66. The van der Waals surface area contributed by atoms with Crippen LogP contribution in [0.15, 0.2) is 68.3 Å². The van der Waals surface area contributed by atoms with E-state index >= 15 is 0 Å². The number of isothiocyanates is 2. The van der Waals surface area contributed by atoms with Crippen LogP contribution in [0.25, 0.3) is 0 Å². The van der Waals surface area contributed by atoms with E-state index in [4.69, 9.17) is 0 Å². The van der Waals surface area contributed by atoms with Gasteiger partial charge in [-0.3, -0.25) is 0 Å². The monoisotopic (exact) mass is 522 g/mol. The maximum atomic E-state index is 4.67. The molecule has 0 radical (unpaired) electrons. The third-order valence-electron chi connectivity index (χ3n) is 8.07. The number of thiocarbonyl (C=S) groups is 2.